The molecule has 0 bridgehead atoms. The highest BCUT2D eigenvalue weighted by molar-refractivity contribution is 8.10. The van der Waals surface area contributed by atoms with Crippen LogP contribution in [0.15, 0.2) is 18.7 Å². The Morgan fingerprint density at radius 3 is 2.73 bits per heavy atom. The molecule has 1 rings (SSSR count). The fraction of sp³-hybridized carbons (Fsp3) is 0.333. The monoisotopic (exact) mass is 238 g/mol. The van der Waals surface area contributed by atoms with E-state index in [1.54, 1.807) is 12.4 Å². The number of nitrogens with zero attached hydrogens (tertiary/aromatic N) is 4. The van der Waals surface area contributed by atoms with Crippen molar-refractivity contribution >= 4 is 29.2 Å². The molecule has 78 valence electrons. The molecule has 0 fully saturated rings. The van der Waals surface area contributed by atoms with Gasteiger partial charge in [0.25, 0.3) is 0 Å². The lowest BCUT2D eigenvalue weighted by Crippen LogP contribution is -2.26. The zero-order valence-corrected chi connectivity index (χ0v) is 9.71. The summed E-state index contributed by atoms with van der Waals surface area (Å²) in [6, 6.07) is 2.07. The van der Waals surface area contributed by atoms with E-state index in [1.165, 1.54) is 6.33 Å². The van der Waals surface area contributed by atoms with Crippen molar-refractivity contribution in [2.75, 3.05) is 6.54 Å². The Hall–Kier alpha value is -1.19. The third-order valence-electron chi connectivity index (χ3n) is 1.75. The maximum absolute atomic E-state index is 8.49. The minimum absolute atomic E-state index is 0.425. The molecule has 0 spiro atoms. The van der Waals surface area contributed by atoms with Gasteiger partial charge >= 0.3 is 0 Å². The summed E-state index contributed by atoms with van der Waals surface area (Å²) < 4.78 is 0.481. The summed E-state index contributed by atoms with van der Waals surface area (Å²) in [4.78, 5) is 9.65. The maximum Gasteiger partial charge on any atom is 0.133 e. The Labute approximate surface area is 99.4 Å². The van der Waals surface area contributed by atoms with E-state index < -0.39 is 0 Å². The van der Waals surface area contributed by atoms with Crippen LogP contribution in [-0.2, 0) is 6.54 Å². The highest BCUT2D eigenvalue weighted by Gasteiger charge is 2.06. The first-order valence-electron chi connectivity index (χ1n) is 4.32. The molecule has 6 heteroatoms. The van der Waals surface area contributed by atoms with E-state index >= 15 is 0 Å². The SMILES string of the molecule is N#CCCN(Cc1cncnc1)C(=S)S. The maximum atomic E-state index is 8.49. The molecule has 0 N–H and O–H groups in total. The van der Waals surface area contributed by atoms with Crippen LogP contribution in [0.3, 0.4) is 0 Å². The van der Waals surface area contributed by atoms with Gasteiger partial charge in [0.15, 0.2) is 0 Å². The van der Waals surface area contributed by atoms with Crippen molar-refractivity contribution in [1.29, 1.82) is 5.26 Å². The number of rotatable bonds is 4. The second-order valence-corrected chi connectivity index (χ2v) is 3.97. The van der Waals surface area contributed by atoms with Gasteiger partial charge in [-0.1, -0.05) is 12.2 Å². The fourth-order valence-electron chi connectivity index (χ4n) is 1.06. The highest BCUT2D eigenvalue weighted by Crippen LogP contribution is 2.05. The molecule has 0 aromatic carbocycles. The number of aromatic nitrogens is 2. The number of thiocarbonyl (C=S) groups is 1. The molecule has 15 heavy (non-hydrogen) atoms. The van der Waals surface area contributed by atoms with Crippen LogP contribution in [0.4, 0.5) is 0 Å². The summed E-state index contributed by atoms with van der Waals surface area (Å²) >= 11 is 9.07. The van der Waals surface area contributed by atoms with Crippen molar-refractivity contribution in [3.05, 3.63) is 24.3 Å². The van der Waals surface area contributed by atoms with Crippen molar-refractivity contribution in [2.45, 2.75) is 13.0 Å². The van der Waals surface area contributed by atoms with Gasteiger partial charge in [0.2, 0.25) is 0 Å². The summed E-state index contributed by atoms with van der Waals surface area (Å²) in [6.07, 6.45) is 5.34. The van der Waals surface area contributed by atoms with Crippen LogP contribution < -0.4 is 0 Å². The van der Waals surface area contributed by atoms with Crippen LogP contribution >= 0.6 is 24.8 Å². The smallest absolute Gasteiger partial charge is 0.133 e. The van der Waals surface area contributed by atoms with Crippen molar-refractivity contribution in [1.82, 2.24) is 14.9 Å². The zero-order valence-electron chi connectivity index (χ0n) is 8.00. The first-order valence-corrected chi connectivity index (χ1v) is 5.18. The lowest BCUT2D eigenvalue weighted by atomic mass is 10.3. The van der Waals surface area contributed by atoms with Crippen molar-refractivity contribution < 1.29 is 0 Å². The van der Waals surface area contributed by atoms with Gasteiger partial charge in [0, 0.05) is 31.0 Å². The van der Waals surface area contributed by atoms with Gasteiger partial charge < -0.3 is 4.90 Å². The Morgan fingerprint density at radius 1 is 1.53 bits per heavy atom. The number of thiol groups is 1. The predicted octanol–water partition coefficient (Wildman–Crippen LogP) is 1.41. The van der Waals surface area contributed by atoms with Gasteiger partial charge in [-0.05, 0) is 0 Å². The number of hydrogen-bond acceptors (Lipinski definition) is 4. The van der Waals surface area contributed by atoms with Gasteiger partial charge in [0.05, 0.1) is 12.5 Å². The molecule has 0 saturated carbocycles. The minimum Gasteiger partial charge on any atom is -0.352 e. The molecular formula is C9H10N4S2. The molecular weight excluding hydrogens is 228 g/mol. The minimum atomic E-state index is 0.425. The van der Waals surface area contributed by atoms with Crippen LogP contribution in [0.2, 0.25) is 0 Å². The van der Waals surface area contributed by atoms with Crippen molar-refractivity contribution in [3.63, 3.8) is 0 Å². The fourth-order valence-corrected chi connectivity index (χ4v) is 1.39. The van der Waals surface area contributed by atoms with Gasteiger partial charge in [-0.15, -0.1) is 12.6 Å². The third-order valence-corrected chi connectivity index (χ3v) is 2.29. The Bertz CT molecular complexity index is 360. The largest absolute Gasteiger partial charge is 0.352 e. The van der Waals surface area contributed by atoms with E-state index in [4.69, 9.17) is 17.5 Å². The number of hydrogen-bond donors (Lipinski definition) is 1. The Kier molecular flexibility index (Phi) is 5.01. The van der Waals surface area contributed by atoms with E-state index in [1.807, 2.05) is 4.90 Å². The Balaban J connectivity index is 2.60. The molecule has 0 radical (unpaired) electrons. The summed E-state index contributed by atoms with van der Waals surface area (Å²) in [5.41, 5.74) is 0.951. The second kappa shape index (κ2) is 6.32. The molecule has 0 aliphatic carbocycles. The molecule has 0 atom stereocenters. The summed E-state index contributed by atoms with van der Waals surface area (Å²) in [7, 11) is 0. The quantitative estimate of drug-likeness (QED) is 0.635. The summed E-state index contributed by atoms with van der Waals surface area (Å²) in [5.74, 6) is 0. The first kappa shape index (κ1) is 11.9. The molecule has 0 saturated heterocycles. The average Bonchev–Trinajstić information content (AvgIpc) is 2.25. The molecule has 4 nitrogen and oxygen atoms in total. The molecule has 0 amide bonds. The van der Waals surface area contributed by atoms with E-state index in [-0.39, 0.29) is 0 Å². The average molecular weight is 238 g/mol. The summed E-state index contributed by atoms with van der Waals surface area (Å²) in [6.45, 7) is 1.17. The van der Waals surface area contributed by atoms with Crippen LogP contribution in [0.1, 0.15) is 12.0 Å². The van der Waals surface area contributed by atoms with Gasteiger partial charge in [0.1, 0.15) is 10.6 Å². The second-order valence-electron chi connectivity index (χ2n) is 2.86. The Morgan fingerprint density at radius 2 is 2.20 bits per heavy atom. The topological polar surface area (TPSA) is 52.8 Å². The van der Waals surface area contributed by atoms with Gasteiger partial charge in [-0.2, -0.15) is 5.26 Å². The van der Waals surface area contributed by atoms with Crippen molar-refractivity contribution in [3.8, 4) is 6.07 Å². The van der Waals surface area contributed by atoms with Crippen LogP contribution in [0, 0.1) is 11.3 Å². The van der Waals surface area contributed by atoms with Crippen LogP contribution in [-0.4, -0.2) is 25.7 Å². The van der Waals surface area contributed by atoms with Gasteiger partial charge in [-0.3, -0.25) is 0 Å². The van der Waals surface area contributed by atoms with E-state index in [2.05, 4.69) is 28.7 Å². The lowest BCUT2D eigenvalue weighted by molar-refractivity contribution is 0.435. The van der Waals surface area contributed by atoms with E-state index in [0.717, 1.165) is 5.56 Å². The van der Waals surface area contributed by atoms with Crippen LogP contribution in [0.5, 0.6) is 0 Å². The first-order chi connectivity index (χ1) is 7.24. The third kappa shape index (κ3) is 4.23. The molecule has 1 heterocycles. The standard InChI is InChI=1S/C9H10N4S2/c10-2-1-3-13(9(14)15)6-8-4-11-7-12-5-8/h4-5,7H,1,3,6H2,(H,14,15). The molecule has 1 aromatic rings. The van der Waals surface area contributed by atoms with E-state index in [0.29, 0.717) is 23.8 Å². The molecule has 0 unspecified atom stereocenters. The number of nitriles is 1. The lowest BCUT2D eigenvalue weighted by Gasteiger charge is -2.20. The normalized spacial score (nSPS) is 9.33. The highest BCUT2D eigenvalue weighted by atomic mass is 32.1. The van der Waals surface area contributed by atoms with Crippen molar-refractivity contribution in [2.24, 2.45) is 0 Å². The summed E-state index contributed by atoms with van der Waals surface area (Å²) in [5, 5.41) is 8.49. The van der Waals surface area contributed by atoms with E-state index in [9.17, 15) is 0 Å². The molecule has 1 aromatic heterocycles. The predicted molar refractivity (Wildman–Crippen MR) is 64.3 cm³/mol. The van der Waals surface area contributed by atoms with Gasteiger partial charge in [-0.25, -0.2) is 9.97 Å². The molecule has 0 aliphatic heterocycles. The zero-order chi connectivity index (χ0) is 11.1. The van der Waals surface area contributed by atoms with Crippen LogP contribution in [0.25, 0.3) is 0 Å². The molecule has 0 aliphatic rings.